The number of ether oxygens (including phenoxy) is 5. The second kappa shape index (κ2) is 15.5. The van der Waals surface area contributed by atoms with Gasteiger partial charge in [-0.1, -0.05) is 42.5 Å². The van der Waals surface area contributed by atoms with Crippen molar-refractivity contribution in [1.29, 1.82) is 0 Å². The fourth-order valence-corrected chi connectivity index (χ4v) is 4.97. The number of methoxy groups -OCH3 is 1. The lowest BCUT2D eigenvalue weighted by Gasteiger charge is -2.28. The lowest BCUT2D eigenvalue weighted by molar-refractivity contribution is 0.121. The molecule has 1 aliphatic heterocycles. The Kier molecular flexibility index (Phi) is 10.8. The minimum atomic E-state index is -4.11. The van der Waals surface area contributed by atoms with Gasteiger partial charge in [0.05, 0.1) is 37.6 Å². The molecule has 2 N–H and O–H groups in total. The highest BCUT2D eigenvalue weighted by Gasteiger charge is 2.26. The number of benzene rings is 2. The summed E-state index contributed by atoms with van der Waals surface area (Å²) in [5, 5.41) is 3.59. The van der Waals surface area contributed by atoms with Gasteiger partial charge in [0.25, 0.3) is 15.9 Å². The molecule has 0 bridgehead atoms. The molecule has 3 heterocycles. The Morgan fingerprint density at radius 1 is 0.978 bits per heavy atom. The van der Waals surface area contributed by atoms with Crippen LogP contribution in [0.2, 0.25) is 0 Å². The van der Waals surface area contributed by atoms with Gasteiger partial charge in [0.1, 0.15) is 13.2 Å². The summed E-state index contributed by atoms with van der Waals surface area (Å²) in [6.07, 6.45) is 3.80. The molecule has 0 unspecified atom stereocenters. The third-order valence-corrected chi connectivity index (χ3v) is 7.31. The number of pyridine rings is 1. The predicted octanol–water partition coefficient (Wildman–Crippen LogP) is 4.55. The first kappa shape index (κ1) is 32.0. The second-order valence-electron chi connectivity index (χ2n) is 9.57. The van der Waals surface area contributed by atoms with Crippen LogP contribution in [0.15, 0.2) is 84.5 Å². The van der Waals surface area contributed by atoms with Gasteiger partial charge in [-0.3, -0.25) is 15.0 Å². The summed E-state index contributed by atoms with van der Waals surface area (Å²) in [6, 6.07) is 19.1. The molecule has 0 atom stereocenters. The number of nitrogens with one attached hydrogen (secondary N) is 2. The summed E-state index contributed by atoms with van der Waals surface area (Å²) in [7, 11) is -2.63. The molecule has 2 aromatic carbocycles. The largest absolute Gasteiger partial charge is 0.493 e. The summed E-state index contributed by atoms with van der Waals surface area (Å²) < 4.78 is 57.4. The topological polar surface area (TPSA) is 163 Å². The van der Waals surface area contributed by atoms with Gasteiger partial charge < -0.3 is 28.6 Å². The maximum Gasteiger partial charge on any atom is 0.411 e. The summed E-state index contributed by atoms with van der Waals surface area (Å²) in [5.74, 6) is 0.418. The van der Waals surface area contributed by atoms with E-state index in [0.717, 1.165) is 5.41 Å². The van der Waals surface area contributed by atoms with Gasteiger partial charge in [-0.2, -0.15) is 9.97 Å². The number of hydrogen-bond donors (Lipinski definition) is 2. The molecule has 46 heavy (non-hydrogen) atoms. The van der Waals surface area contributed by atoms with Gasteiger partial charge in [0.15, 0.2) is 17.3 Å². The number of carbonyl (C=O) groups is 1. The third kappa shape index (κ3) is 9.06. The number of anilines is 3. The van der Waals surface area contributed by atoms with Crippen LogP contribution in [-0.4, -0.2) is 76.1 Å². The highest BCUT2D eigenvalue weighted by atomic mass is 32.2. The summed E-state index contributed by atoms with van der Waals surface area (Å²) >= 11 is 0. The first-order valence-electron chi connectivity index (χ1n) is 14.2. The first-order valence-corrected chi connectivity index (χ1v) is 15.7. The van der Waals surface area contributed by atoms with Crippen molar-refractivity contribution in [3.63, 3.8) is 0 Å². The van der Waals surface area contributed by atoms with Gasteiger partial charge in [-0.15, -0.1) is 0 Å². The van der Waals surface area contributed by atoms with E-state index in [-0.39, 0.29) is 42.4 Å². The molecule has 1 fully saturated rings. The third-order valence-electron chi connectivity index (χ3n) is 6.34. The molecular weight excluding hydrogens is 616 g/mol. The van der Waals surface area contributed by atoms with Crippen molar-refractivity contribution in [1.82, 2.24) is 15.0 Å². The van der Waals surface area contributed by atoms with E-state index in [0.29, 0.717) is 43.3 Å². The van der Waals surface area contributed by atoms with Crippen molar-refractivity contribution in [3.05, 3.63) is 90.1 Å². The molecule has 0 radical (unpaired) electrons. The van der Waals surface area contributed by atoms with Crippen molar-refractivity contribution in [2.45, 2.75) is 0 Å². The summed E-state index contributed by atoms with van der Waals surface area (Å²) in [6.45, 7) is 1.47. The second-order valence-corrected chi connectivity index (χ2v) is 11.1. The minimum absolute atomic E-state index is 0.0941. The van der Waals surface area contributed by atoms with E-state index in [4.69, 9.17) is 23.7 Å². The van der Waals surface area contributed by atoms with Crippen molar-refractivity contribution in [2.24, 2.45) is 0 Å². The highest BCUT2D eigenvalue weighted by molar-refractivity contribution is 7.95. The van der Waals surface area contributed by atoms with Crippen molar-refractivity contribution in [3.8, 4) is 23.1 Å². The zero-order chi connectivity index (χ0) is 32.2. The monoisotopic (exact) mass is 648 g/mol. The molecule has 15 heteroatoms. The maximum absolute atomic E-state index is 13.3. The van der Waals surface area contributed by atoms with Gasteiger partial charge >= 0.3 is 6.09 Å². The molecule has 0 spiro atoms. The molecule has 5 rings (SSSR count). The average molecular weight is 649 g/mol. The smallest absolute Gasteiger partial charge is 0.411 e. The fourth-order valence-electron chi connectivity index (χ4n) is 4.16. The van der Waals surface area contributed by atoms with E-state index in [1.165, 1.54) is 19.4 Å². The van der Waals surface area contributed by atoms with Crippen LogP contribution >= 0.6 is 0 Å². The summed E-state index contributed by atoms with van der Waals surface area (Å²) in [4.78, 5) is 27.1. The Hall–Kier alpha value is -5.41. The van der Waals surface area contributed by atoms with Crippen LogP contribution < -0.4 is 29.1 Å². The first-order chi connectivity index (χ1) is 22.4. The Balaban J connectivity index is 1.45. The van der Waals surface area contributed by atoms with E-state index < -0.39 is 16.1 Å². The fraction of sp³-hybridized carbons (Fsp3) is 0.226. The lowest BCUT2D eigenvalue weighted by atomic mass is 10.2. The number of sulfonamides is 1. The van der Waals surface area contributed by atoms with Crippen LogP contribution in [0.5, 0.6) is 23.1 Å². The van der Waals surface area contributed by atoms with Gasteiger partial charge in [0, 0.05) is 19.3 Å². The zero-order valence-corrected chi connectivity index (χ0v) is 25.7. The Labute approximate surface area is 266 Å². The lowest BCUT2D eigenvalue weighted by Crippen LogP contribution is -2.37. The van der Waals surface area contributed by atoms with Crippen LogP contribution in [0, 0.1) is 0 Å². The minimum Gasteiger partial charge on any atom is -0.493 e. The number of rotatable bonds is 13. The molecular formula is C31H32N6O8S. The van der Waals surface area contributed by atoms with Crippen LogP contribution in [0.4, 0.5) is 22.2 Å². The van der Waals surface area contributed by atoms with Crippen molar-refractivity contribution < 1.29 is 36.9 Å². The molecule has 0 aliphatic carbocycles. The Bertz CT molecular complexity index is 1740. The van der Waals surface area contributed by atoms with Crippen molar-refractivity contribution >= 4 is 39.6 Å². The number of para-hydroxylation sites is 2. The summed E-state index contributed by atoms with van der Waals surface area (Å²) in [5.41, 5.74) is 1.15. The molecule has 240 valence electrons. The van der Waals surface area contributed by atoms with Crippen molar-refractivity contribution in [2.75, 3.05) is 61.6 Å². The maximum atomic E-state index is 13.3. The van der Waals surface area contributed by atoms with E-state index >= 15 is 0 Å². The average Bonchev–Trinajstić information content (AvgIpc) is 3.08. The standard InChI is InChI=1S/C31H32N6O8S/c1-41-25-11-5-6-12-26(25)45-27-28(36-46(39,40)21-13-23-8-3-2-4-9-23)34-30(37-15-17-42-18-16-37)35-29(27)43-19-20-44-31(38)33-24-10-7-14-32-22-24/h2-14,21-22H,15-20H2,1H3,(H,33,38)(H,34,35,36)/b21-13+. The van der Waals surface area contributed by atoms with Gasteiger partial charge in [-0.25, -0.2) is 13.2 Å². The van der Waals surface area contributed by atoms with Crippen LogP contribution in [0.1, 0.15) is 5.56 Å². The van der Waals surface area contributed by atoms with Crippen LogP contribution in [0.3, 0.4) is 0 Å². The number of hydrogen-bond acceptors (Lipinski definition) is 12. The molecule has 14 nitrogen and oxygen atoms in total. The number of amides is 1. The number of morpholine rings is 1. The van der Waals surface area contributed by atoms with Gasteiger partial charge in [0.2, 0.25) is 11.7 Å². The van der Waals surface area contributed by atoms with E-state index in [2.05, 4.69) is 25.0 Å². The highest BCUT2D eigenvalue weighted by Crippen LogP contribution is 2.41. The van der Waals surface area contributed by atoms with E-state index in [9.17, 15) is 13.2 Å². The number of carbonyl (C=O) groups excluding carboxylic acids is 1. The number of nitrogens with zero attached hydrogens (tertiary/aromatic N) is 4. The zero-order valence-electron chi connectivity index (χ0n) is 24.9. The van der Waals surface area contributed by atoms with Crippen LogP contribution in [0.25, 0.3) is 6.08 Å². The van der Waals surface area contributed by atoms with E-state index in [1.807, 2.05) is 11.0 Å². The number of aromatic nitrogens is 3. The Morgan fingerprint density at radius 2 is 1.74 bits per heavy atom. The molecule has 1 saturated heterocycles. The quantitative estimate of drug-likeness (QED) is 0.195. The molecule has 1 amide bonds. The SMILES string of the molecule is COc1ccccc1Oc1c(NS(=O)(=O)/C=C/c2ccccc2)nc(N2CCOCC2)nc1OCCOC(=O)Nc1cccnc1. The molecule has 0 saturated carbocycles. The van der Waals surface area contributed by atoms with Gasteiger partial charge in [-0.05, 0) is 35.9 Å². The molecule has 4 aromatic rings. The molecule has 1 aliphatic rings. The predicted molar refractivity (Wildman–Crippen MR) is 171 cm³/mol. The molecule has 2 aromatic heterocycles. The van der Waals surface area contributed by atoms with Crippen LogP contribution in [-0.2, 0) is 19.5 Å². The normalized spacial score (nSPS) is 13.2. The van der Waals surface area contributed by atoms with E-state index in [1.54, 1.807) is 66.9 Å². The Morgan fingerprint density at radius 3 is 2.48 bits per heavy atom.